The van der Waals surface area contributed by atoms with Crippen molar-refractivity contribution in [3.8, 4) is 5.75 Å². The third-order valence-electron chi connectivity index (χ3n) is 3.78. The number of nitrogens with zero attached hydrogens (tertiary/aromatic N) is 1. The van der Waals surface area contributed by atoms with Crippen LogP contribution < -0.4 is 10.5 Å². The second kappa shape index (κ2) is 8.96. The van der Waals surface area contributed by atoms with E-state index in [4.69, 9.17) is 10.5 Å². The van der Waals surface area contributed by atoms with Crippen LogP contribution >= 0.6 is 0 Å². The minimum Gasteiger partial charge on any atom is -0.497 e. The molecular weight excluding hydrogens is 288 g/mol. The van der Waals surface area contributed by atoms with Crippen molar-refractivity contribution in [3.63, 3.8) is 0 Å². The summed E-state index contributed by atoms with van der Waals surface area (Å²) in [5.74, 6) is 0.903. The van der Waals surface area contributed by atoms with Gasteiger partial charge in [-0.1, -0.05) is 42.5 Å². The molecule has 0 saturated heterocycles. The molecule has 4 nitrogen and oxygen atoms in total. The van der Waals surface area contributed by atoms with Gasteiger partial charge in [-0.05, 0) is 29.7 Å². The highest BCUT2D eigenvalue weighted by atomic mass is 16.5. The average molecular weight is 312 g/mol. The van der Waals surface area contributed by atoms with Crippen LogP contribution in [0, 0.1) is 0 Å². The summed E-state index contributed by atoms with van der Waals surface area (Å²) in [6, 6.07) is 17.8. The molecule has 0 spiro atoms. The summed E-state index contributed by atoms with van der Waals surface area (Å²) >= 11 is 0. The Balaban J connectivity index is 1.94. The number of nitrogens with two attached hydrogens (primary N) is 1. The molecule has 0 bridgehead atoms. The number of benzene rings is 2. The molecule has 23 heavy (non-hydrogen) atoms. The molecule has 2 N–H and O–H groups in total. The van der Waals surface area contributed by atoms with Gasteiger partial charge in [-0.15, -0.1) is 0 Å². The van der Waals surface area contributed by atoms with Crippen LogP contribution in [0.3, 0.4) is 0 Å². The second-order valence-electron chi connectivity index (χ2n) is 5.43. The van der Waals surface area contributed by atoms with E-state index in [9.17, 15) is 4.79 Å². The summed E-state index contributed by atoms with van der Waals surface area (Å²) in [7, 11) is 1.63. The maximum Gasteiger partial charge on any atom is 0.227 e. The molecule has 0 aliphatic rings. The summed E-state index contributed by atoms with van der Waals surface area (Å²) in [5, 5.41) is 0. The summed E-state index contributed by atoms with van der Waals surface area (Å²) in [6.45, 7) is 1.75. The fraction of sp³-hybridized carbons (Fsp3) is 0.316. The molecule has 0 heterocycles. The van der Waals surface area contributed by atoms with Gasteiger partial charge in [0, 0.05) is 19.6 Å². The van der Waals surface area contributed by atoms with E-state index in [0.29, 0.717) is 26.1 Å². The molecule has 0 saturated carbocycles. The molecule has 0 unspecified atom stereocenters. The standard InChI is InChI=1S/C19H24N2O2/c1-23-18-9-7-17(8-10-18)15-19(22)21(14-12-20)13-11-16-5-3-2-4-6-16/h2-10H,11-15,20H2,1H3. The summed E-state index contributed by atoms with van der Waals surface area (Å²) < 4.78 is 5.14. The zero-order valence-electron chi connectivity index (χ0n) is 13.6. The predicted octanol–water partition coefficient (Wildman–Crippen LogP) is 2.27. The Morgan fingerprint density at radius 1 is 1.00 bits per heavy atom. The lowest BCUT2D eigenvalue weighted by Crippen LogP contribution is -2.37. The number of amides is 1. The number of rotatable bonds is 8. The van der Waals surface area contributed by atoms with Crippen molar-refractivity contribution in [2.24, 2.45) is 5.73 Å². The van der Waals surface area contributed by atoms with Gasteiger partial charge < -0.3 is 15.4 Å². The van der Waals surface area contributed by atoms with Gasteiger partial charge in [0.15, 0.2) is 0 Å². The Morgan fingerprint density at radius 3 is 2.30 bits per heavy atom. The van der Waals surface area contributed by atoms with Gasteiger partial charge >= 0.3 is 0 Å². The number of carbonyl (C=O) groups excluding carboxylic acids is 1. The fourth-order valence-electron chi connectivity index (χ4n) is 2.46. The highest BCUT2D eigenvalue weighted by Gasteiger charge is 2.13. The molecule has 0 fully saturated rings. The van der Waals surface area contributed by atoms with E-state index in [1.807, 2.05) is 47.4 Å². The van der Waals surface area contributed by atoms with Crippen LogP contribution in [0.4, 0.5) is 0 Å². The van der Waals surface area contributed by atoms with Crippen molar-refractivity contribution in [3.05, 3.63) is 65.7 Å². The lowest BCUT2D eigenvalue weighted by atomic mass is 10.1. The van der Waals surface area contributed by atoms with E-state index in [-0.39, 0.29) is 5.91 Å². The molecule has 0 radical (unpaired) electrons. The van der Waals surface area contributed by atoms with Crippen LogP contribution in [0.1, 0.15) is 11.1 Å². The third-order valence-corrected chi connectivity index (χ3v) is 3.78. The molecule has 122 valence electrons. The molecule has 0 aliphatic carbocycles. The van der Waals surface area contributed by atoms with E-state index in [2.05, 4.69) is 12.1 Å². The van der Waals surface area contributed by atoms with Crippen LogP contribution in [0.2, 0.25) is 0 Å². The maximum atomic E-state index is 12.5. The van der Waals surface area contributed by atoms with Crippen molar-refractivity contribution in [1.82, 2.24) is 4.90 Å². The van der Waals surface area contributed by atoms with E-state index >= 15 is 0 Å². The first-order chi connectivity index (χ1) is 11.2. The van der Waals surface area contributed by atoms with E-state index in [0.717, 1.165) is 17.7 Å². The Bertz CT molecular complexity index is 597. The molecule has 4 heteroatoms. The number of hydrogen-bond donors (Lipinski definition) is 1. The molecule has 2 aromatic carbocycles. The van der Waals surface area contributed by atoms with Gasteiger partial charge in [-0.3, -0.25) is 4.79 Å². The lowest BCUT2D eigenvalue weighted by Gasteiger charge is -2.22. The zero-order chi connectivity index (χ0) is 16.5. The minimum absolute atomic E-state index is 0.108. The molecule has 0 atom stereocenters. The van der Waals surface area contributed by atoms with Gasteiger partial charge in [0.1, 0.15) is 5.75 Å². The monoisotopic (exact) mass is 312 g/mol. The normalized spacial score (nSPS) is 10.3. The van der Waals surface area contributed by atoms with Crippen LogP contribution in [-0.2, 0) is 17.6 Å². The van der Waals surface area contributed by atoms with Crippen LogP contribution in [0.25, 0.3) is 0 Å². The highest BCUT2D eigenvalue weighted by Crippen LogP contribution is 2.12. The van der Waals surface area contributed by atoms with Crippen LogP contribution in [-0.4, -0.2) is 37.6 Å². The van der Waals surface area contributed by atoms with E-state index in [1.54, 1.807) is 7.11 Å². The third kappa shape index (κ3) is 5.42. The fourth-order valence-corrected chi connectivity index (χ4v) is 2.46. The first-order valence-corrected chi connectivity index (χ1v) is 7.87. The van der Waals surface area contributed by atoms with Gasteiger partial charge in [0.05, 0.1) is 13.5 Å². The Labute approximate surface area is 137 Å². The van der Waals surface area contributed by atoms with Crippen molar-refractivity contribution in [2.45, 2.75) is 12.8 Å². The SMILES string of the molecule is COc1ccc(CC(=O)N(CCN)CCc2ccccc2)cc1. The maximum absolute atomic E-state index is 12.5. The summed E-state index contributed by atoms with van der Waals surface area (Å²) in [6.07, 6.45) is 1.23. The number of hydrogen-bond acceptors (Lipinski definition) is 3. The molecule has 2 rings (SSSR count). The first kappa shape index (κ1) is 17.0. The van der Waals surface area contributed by atoms with Crippen molar-refractivity contribution in [2.75, 3.05) is 26.7 Å². The van der Waals surface area contributed by atoms with Gasteiger partial charge in [-0.2, -0.15) is 0 Å². The molecular formula is C19H24N2O2. The van der Waals surface area contributed by atoms with Gasteiger partial charge in [-0.25, -0.2) is 0 Å². The number of methoxy groups -OCH3 is 1. The van der Waals surface area contributed by atoms with E-state index < -0.39 is 0 Å². The molecule has 0 aliphatic heterocycles. The smallest absolute Gasteiger partial charge is 0.227 e. The molecule has 2 aromatic rings. The summed E-state index contributed by atoms with van der Waals surface area (Å²) in [4.78, 5) is 14.4. The van der Waals surface area contributed by atoms with Crippen LogP contribution in [0.5, 0.6) is 5.75 Å². The van der Waals surface area contributed by atoms with Gasteiger partial charge in [0.25, 0.3) is 0 Å². The van der Waals surface area contributed by atoms with Crippen LogP contribution in [0.15, 0.2) is 54.6 Å². The van der Waals surface area contributed by atoms with E-state index in [1.165, 1.54) is 5.56 Å². The quantitative estimate of drug-likeness (QED) is 0.813. The van der Waals surface area contributed by atoms with Crippen molar-refractivity contribution < 1.29 is 9.53 Å². The van der Waals surface area contributed by atoms with Crippen molar-refractivity contribution >= 4 is 5.91 Å². The number of ether oxygens (including phenoxy) is 1. The molecule has 0 aromatic heterocycles. The highest BCUT2D eigenvalue weighted by molar-refractivity contribution is 5.78. The summed E-state index contributed by atoms with van der Waals surface area (Å²) in [5.41, 5.74) is 7.87. The predicted molar refractivity (Wildman–Crippen MR) is 92.5 cm³/mol. The number of carbonyl (C=O) groups is 1. The lowest BCUT2D eigenvalue weighted by molar-refractivity contribution is -0.130. The zero-order valence-corrected chi connectivity index (χ0v) is 13.6. The molecule has 1 amide bonds. The van der Waals surface area contributed by atoms with Gasteiger partial charge in [0.2, 0.25) is 5.91 Å². The first-order valence-electron chi connectivity index (χ1n) is 7.87. The Morgan fingerprint density at radius 2 is 1.70 bits per heavy atom. The second-order valence-corrected chi connectivity index (χ2v) is 5.43. The van der Waals surface area contributed by atoms with Crippen molar-refractivity contribution in [1.29, 1.82) is 0 Å². The topological polar surface area (TPSA) is 55.6 Å². The minimum atomic E-state index is 0.108. The average Bonchev–Trinajstić information content (AvgIpc) is 2.60. The Kier molecular flexibility index (Phi) is 6.63. The largest absolute Gasteiger partial charge is 0.497 e. The Hall–Kier alpha value is -2.33.